The second kappa shape index (κ2) is 4.59. The summed E-state index contributed by atoms with van der Waals surface area (Å²) in [6.07, 6.45) is -0.633. The molecule has 1 aromatic carbocycles. The molecule has 0 spiro atoms. The van der Waals surface area contributed by atoms with E-state index < -0.39 is 6.09 Å². The van der Waals surface area contributed by atoms with E-state index in [0.29, 0.717) is 18.7 Å². The molecule has 0 N–H and O–H groups in total. The zero-order valence-electron chi connectivity index (χ0n) is 11.5. The molecule has 2 aliphatic rings. The van der Waals surface area contributed by atoms with E-state index in [1.165, 1.54) is 0 Å². The first-order valence-corrected chi connectivity index (χ1v) is 6.90. The van der Waals surface area contributed by atoms with Crippen LogP contribution in [-0.4, -0.2) is 53.4 Å². The van der Waals surface area contributed by atoms with Gasteiger partial charge in [-0.3, -0.25) is 9.59 Å². The maximum absolute atomic E-state index is 12.3. The highest BCUT2D eigenvalue weighted by atomic mass is 16.6. The Kier molecular flexibility index (Phi) is 2.69. The van der Waals surface area contributed by atoms with Crippen LogP contribution in [0.1, 0.15) is 10.6 Å². The third-order valence-electron chi connectivity index (χ3n) is 3.94. The lowest BCUT2D eigenvalue weighted by Crippen LogP contribution is -2.62. The van der Waals surface area contributed by atoms with Crippen molar-refractivity contribution >= 4 is 28.9 Å². The number of furan rings is 1. The molecule has 0 atom stereocenters. The Morgan fingerprint density at radius 1 is 1.18 bits per heavy atom. The summed E-state index contributed by atoms with van der Waals surface area (Å²) in [5.41, 5.74) is 0.654. The SMILES string of the molecule is O=C(c1cc2ccccc2o1)N1CC(N2C(=O)COC2=O)C1. The minimum absolute atomic E-state index is 0.215. The van der Waals surface area contributed by atoms with Gasteiger partial charge >= 0.3 is 6.09 Å². The van der Waals surface area contributed by atoms with Crippen molar-refractivity contribution in [3.05, 3.63) is 36.1 Å². The first-order valence-electron chi connectivity index (χ1n) is 6.90. The van der Waals surface area contributed by atoms with Crippen molar-refractivity contribution < 1.29 is 23.5 Å². The van der Waals surface area contributed by atoms with Gasteiger partial charge in [-0.05, 0) is 12.1 Å². The van der Waals surface area contributed by atoms with Crippen molar-refractivity contribution in [3.63, 3.8) is 0 Å². The number of hydrogen-bond acceptors (Lipinski definition) is 5. The van der Waals surface area contributed by atoms with Crippen LogP contribution >= 0.6 is 0 Å². The normalized spacial score (nSPS) is 18.7. The van der Waals surface area contributed by atoms with Gasteiger partial charge in [-0.1, -0.05) is 18.2 Å². The highest BCUT2D eigenvalue weighted by Crippen LogP contribution is 2.24. The van der Waals surface area contributed by atoms with Crippen LogP contribution in [-0.2, 0) is 9.53 Å². The van der Waals surface area contributed by atoms with Gasteiger partial charge in [0.2, 0.25) is 0 Å². The highest BCUT2D eigenvalue weighted by molar-refractivity contribution is 5.99. The fourth-order valence-electron chi connectivity index (χ4n) is 2.74. The first kappa shape index (κ1) is 12.9. The van der Waals surface area contributed by atoms with Crippen LogP contribution < -0.4 is 0 Å². The molecule has 7 heteroatoms. The number of cyclic esters (lactones) is 1. The summed E-state index contributed by atoms with van der Waals surface area (Å²) in [6, 6.07) is 8.76. The van der Waals surface area contributed by atoms with E-state index in [0.717, 1.165) is 10.3 Å². The van der Waals surface area contributed by atoms with Gasteiger partial charge < -0.3 is 14.1 Å². The number of nitrogens with zero attached hydrogens (tertiary/aromatic N) is 2. The van der Waals surface area contributed by atoms with Crippen LogP contribution in [0, 0.1) is 0 Å². The molecule has 4 rings (SSSR count). The molecule has 2 aromatic rings. The predicted molar refractivity (Wildman–Crippen MR) is 74.1 cm³/mol. The topological polar surface area (TPSA) is 80.1 Å². The van der Waals surface area contributed by atoms with E-state index in [4.69, 9.17) is 4.42 Å². The molecule has 1 aromatic heterocycles. The van der Waals surface area contributed by atoms with Crippen molar-refractivity contribution in [2.45, 2.75) is 6.04 Å². The zero-order valence-corrected chi connectivity index (χ0v) is 11.5. The molecule has 112 valence electrons. The summed E-state index contributed by atoms with van der Waals surface area (Å²) in [6.45, 7) is 0.389. The second-order valence-corrected chi connectivity index (χ2v) is 5.33. The number of ether oxygens (including phenoxy) is 1. The minimum atomic E-state index is -0.633. The fraction of sp³-hybridized carbons (Fsp3) is 0.267. The minimum Gasteiger partial charge on any atom is -0.451 e. The number of para-hydroxylation sites is 1. The van der Waals surface area contributed by atoms with E-state index in [1.54, 1.807) is 17.0 Å². The Labute approximate surface area is 125 Å². The molecule has 2 aliphatic heterocycles. The Morgan fingerprint density at radius 3 is 2.64 bits per heavy atom. The van der Waals surface area contributed by atoms with Crippen LogP contribution in [0.2, 0.25) is 0 Å². The number of fused-ring (bicyclic) bond motifs is 1. The molecule has 3 heterocycles. The third-order valence-corrected chi connectivity index (χ3v) is 3.94. The largest absolute Gasteiger partial charge is 0.451 e. The van der Waals surface area contributed by atoms with Crippen molar-refractivity contribution in [1.82, 2.24) is 9.80 Å². The predicted octanol–water partition coefficient (Wildman–Crippen LogP) is 1.24. The molecule has 3 amide bonds. The molecule has 22 heavy (non-hydrogen) atoms. The number of amides is 3. The van der Waals surface area contributed by atoms with Crippen LogP contribution in [0.15, 0.2) is 34.7 Å². The Balaban J connectivity index is 1.47. The van der Waals surface area contributed by atoms with Gasteiger partial charge in [0.25, 0.3) is 11.8 Å². The molecule has 0 unspecified atom stereocenters. The summed E-state index contributed by atoms with van der Waals surface area (Å²) in [5, 5.41) is 0.862. The number of carbonyl (C=O) groups is 3. The van der Waals surface area contributed by atoms with Crippen molar-refractivity contribution in [3.8, 4) is 0 Å². The van der Waals surface area contributed by atoms with Crippen molar-refractivity contribution in [2.75, 3.05) is 19.7 Å². The molecule has 0 saturated carbocycles. The number of hydrogen-bond donors (Lipinski definition) is 0. The van der Waals surface area contributed by atoms with Gasteiger partial charge in [0.1, 0.15) is 5.58 Å². The monoisotopic (exact) mass is 300 g/mol. The number of carbonyl (C=O) groups excluding carboxylic acids is 3. The molecular weight excluding hydrogens is 288 g/mol. The fourth-order valence-corrected chi connectivity index (χ4v) is 2.74. The lowest BCUT2D eigenvalue weighted by Gasteiger charge is -2.41. The Hall–Kier alpha value is -2.83. The van der Waals surface area contributed by atoms with Crippen LogP contribution in [0.5, 0.6) is 0 Å². The molecule has 2 fully saturated rings. The lowest BCUT2D eigenvalue weighted by molar-refractivity contribution is -0.129. The van der Waals surface area contributed by atoms with E-state index >= 15 is 0 Å². The molecule has 7 nitrogen and oxygen atoms in total. The quantitative estimate of drug-likeness (QED) is 0.833. The van der Waals surface area contributed by atoms with E-state index in [-0.39, 0.29) is 30.2 Å². The average Bonchev–Trinajstić information content (AvgIpc) is 3.03. The Morgan fingerprint density at radius 2 is 1.95 bits per heavy atom. The van der Waals surface area contributed by atoms with Crippen molar-refractivity contribution in [1.29, 1.82) is 0 Å². The van der Waals surface area contributed by atoms with Gasteiger partial charge in [0.05, 0.1) is 6.04 Å². The van der Waals surface area contributed by atoms with Gasteiger partial charge in [0.15, 0.2) is 12.4 Å². The number of rotatable bonds is 2. The third kappa shape index (κ3) is 1.86. The molecule has 0 bridgehead atoms. The standard InChI is InChI=1S/C15H12N2O5/c18-13-8-21-15(20)17(13)10-6-16(7-10)14(19)12-5-9-3-1-2-4-11(9)22-12/h1-5,10H,6-8H2. The molecule has 2 saturated heterocycles. The van der Waals surface area contributed by atoms with E-state index in [1.807, 2.05) is 18.2 Å². The van der Waals surface area contributed by atoms with Gasteiger partial charge in [-0.25, -0.2) is 9.69 Å². The maximum atomic E-state index is 12.3. The number of likely N-dealkylation sites (tertiary alicyclic amines) is 1. The maximum Gasteiger partial charge on any atom is 0.417 e. The van der Waals surface area contributed by atoms with Crippen LogP contribution in [0.4, 0.5) is 4.79 Å². The van der Waals surface area contributed by atoms with E-state index in [2.05, 4.69) is 4.74 Å². The van der Waals surface area contributed by atoms with Gasteiger partial charge in [-0.2, -0.15) is 0 Å². The summed E-state index contributed by atoms with van der Waals surface area (Å²) < 4.78 is 10.2. The summed E-state index contributed by atoms with van der Waals surface area (Å²) in [5.74, 6) is -0.340. The zero-order chi connectivity index (χ0) is 15.3. The molecule has 0 aliphatic carbocycles. The summed E-state index contributed by atoms with van der Waals surface area (Å²) in [7, 11) is 0. The molecule has 0 radical (unpaired) electrons. The Bertz CT molecular complexity index is 741. The van der Waals surface area contributed by atoms with E-state index in [9.17, 15) is 14.4 Å². The summed E-state index contributed by atoms with van der Waals surface area (Å²) >= 11 is 0. The summed E-state index contributed by atoms with van der Waals surface area (Å²) in [4.78, 5) is 37.9. The lowest BCUT2D eigenvalue weighted by atomic mass is 10.1. The number of benzene rings is 1. The van der Waals surface area contributed by atoms with Crippen LogP contribution in [0.3, 0.4) is 0 Å². The first-order chi connectivity index (χ1) is 10.6. The average molecular weight is 300 g/mol. The van der Waals surface area contributed by atoms with Gasteiger partial charge in [-0.15, -0.1) is 0 Å². The van der Waals surface area contributed by atoms with Gasteiger partial charge in [0, 0.05) is 18.5 Å². The molecular formula is C15H12N2O5. The van der Waals surface area contributed by atoms with Crippen LogP contribution in [0.25, 0.3) is 11.0 Å². The smallest absolute Gasteiger partial charge is 0.417 e. The second-order valence-electron chi connectivity index (χ2n) is 5.33. The van der Waals surface area contributed by atoms with Crippen molar-refractivity contribution in [2.24, 2.45) is 0 Å². The number of imide groups is 1. The highest BCUT2D eigenvalue weighted by Gasteiger charge is 2.44.